The molecular weight excluding hydrogens is 520 g/mol. The highest BCUT2D eigenvalue weighted by Crippen LogP contribution is 2.30. The lowest BCUT2D eigenvalue weighted by molar-refractivity contribution is -0.187. The number of esters is 1. The molecule has 0 spiro atoms. The van der Waals surface area contributed by atoms with Crippen LogP contribution in [-0.4, -0.2) is 40.8 Å². The van der Waals surface area contributed by atoms with Crippen LogP contribution in [0.4, 0.5) is 4.79 Å². The summed E-state index contributed by atoms with van der Waals surface area (Å²) in [6.45, 7) is 5.00. The van der Waals surface area contributed by atoms with Gasteiger partial charge < -0.3 is 20.0 Å². The first-order valence-electron chi connectivity index (χ1n) is 13.5. The van der Waals surface area contributed by atoms with Crippen LogP contribution in [0.1, 0.15) is 37.9 Å². The maximum Gasteiger partial charge on any atom is 0.360 e. The molecular formula is C33H34N2O6. The van der Waals surface area contributed by atoms with Gasteiger partial charge in [-0.25, -0.2) is 14.4 Å². The fraction of sp³-hybridized carbons (Fsp3) is 0.242. The van der Waals surface area contributed by atoms with E-state index in [0.717, 1.165) is 32.5 Å². The normalized spacial score (nSPS) is 12.4. The summed E-state index contributed by atoms with van der Waals surface area (Å²) in [7, 11) is 0. The van der Waals surface area contributed by atoms with Gasteiger partial charge in [0.05, 0.1) is 6.54 Å². The number of ether oxygens (including phenoxy) is 1. The number of rotatable bonds is 9. The quantitative estimate of drug-likeness (QED) is 0.200. The number of aliphatic hydroxyl groups is 1. The van der Waals surface area contributed by atoms with Gasteiger partial charge in [-0.1, -0.05) is 111 Å². The summed E-state index contributed by atoms with van der Waals surface area (Å²) in [5, 5.41) is 15.3. The molecule has 8 nitrogen and oxygen atoms in total. The number of urea groups is 1. The van der Waals surface area contributed by atoms with Crippen LogP contribution in [0.15, 0.2) is 97.1 Å². The molecule has 2 N–H and O–H groups in total. The van der Waals surface area contributed by atoms with E-state index in [-0.39, 0.29) is 19.1 Å². The molecule has 2 atom stereocenters. The van der Waals surface area contributed by atoms with Crippen molar-refractivity contribution in [1.29, 1.82) is 0 Å². The highest BCUT2D eigenvalue weighted by Gasteiger charge is 2.30. The Bertz CT molecular complexity index is 1480. The van der Waals surface area contributed by atoms with Crippen LogP contribution in [0.3, 0.4) is 0 Å². The Balaban J connectivity index is 1.62. The number of amides is 2. The molecule has 0 aromatic heterocycles. The third-order valence-electron chi connectivity index (χ3n) is 6.37. The van der Waals surface area contributed by atoms with Crippen molar-refractivity contribution in [2.75, 3.05) is 6.54 Å². The van der Waals surface area contributed by atoms with Crippen molar-refractivity contribution in [2.45, 2.75) is 39.5 Å². The molecule has 0 aliphatic heterocycles. The molecule has 2 amide bonds. The molecule has 0 bridgehead atoms. The number of hydrogen-bond acceptors (Lipinski definition) is 6. The third kappa shape index (κ3) is 7.70. The first kappa shape index (κ1) is 29.3. The smallest absolute Gasteiger partial charge is 0.360 e. The van der Waals surface area contributed by atoms with Gasteiger partial charge in [0.2, 0.25) is 0 Å². The van der Waals surface area contributed by atoms with E-state index in [1.807, 2.05) is 80.6 Å². The van der Waals surface area contributed by atoms with E-state index >= 15 is 0 Å². The Morgan fingerprint density at radius 2 is 1.46 bits per heavy atom. The maximum atomic E-state index is 13.4. The van der Waals surface area contributed by atoms with Gasteiger partial charge in [0.15, 0.2) is 12.1 Å². The van der Waals surface area contributed by atoms with Crippen molar-refractivity contribution in [3.63, 3.8) is 0 Å². The number of hydrogen-bond donors (Lipinski definition) is 2. The Hall–Kier alpha value is -4.69. The molecule has 0 aliphatic carbocycles. The van der Waals surface area contributed by atoms with Crippen LogP contribution in [0.2, 0.25) is 0 Å². The molecule has 4 aromatic rings. The molecule has 4 aromatic carbocycles. The summed E-state index contributed by atoms with van der Waals surface area (Å²) in [6, 6.07) is 28.7. The van der Waals surface area contributed by atoms with Crippen LogP contribution in [0.5, 0.6) is 0 Å². The Labute approximate surface area is 239 Å². The Morgan fingerprint density at radius 1 is 0.805 bits per heavy atom. The minimum Gasteiger partial charge on any atom is -0.459 e. The molecule has 212 valence electrons. The monoisotopic (exact) mass is 554 g/mol. The first-order chi connectivity index (χ1) is 19.7. The van der Waals surface area contributed by atoms with Crippen LogP contribution in [0.25, 0.3) is 21.9 Å². The molecule has 0 fully saturated rings. The van der Waals surface area contributed by atoms with E-state index in [9.17, 15) is 19.5 Å². The van der Waals surface area contributed by atoms with Gasteiger partial charge in [-0.3, -0.25) is 0 Å². The van der Waals surface area contributed by atoms with Crippen molar-refractivity contribution in [1.82, 2.24) is 10.4 Å². The SMILES string of the molecule is CC(C)CN(OC(=O)C(C)O)C(=O)NC(C(=O)OCc1ccccc1)c1ccc(-c2cccc3ccccc23)cc1. The second kappa shape index (κ2) is 13.6. The van der Waals surface area contributed by atoms with Gasteiger partial charge in [-0.15, -0.1) is 0 Å². The number of benzene rings is 4. The molecule has 8 heteroatoms. The van der Waals surface area contributed by atoms with Crippen molar-refractivity contribution in [2.24, 2.45) is 5.92 Å². The van der Waals surface area contributed by atoms with Crippen LogP contribution in [-0.2, 0) is 25.8 Å². The highest BCUT2D eigenvalue weighted by molar-refractivity contribution is 5.96. The maximum absolute atomic E-state index is 13.4. The largest absolute Gasteiger partial charge is 0.459 e. The summed E-state index contributed by atoms with van der Waals surface area (Å²) in [5.41, 5.74) is 3.27. The number of nitrogens with zero attached hydrogens (tertiary/aromatic N) is 1. The van der Waals surface area contributed by atoms with Gasteiger partial charge in [-0.05, 0) is 45.9 Å². The van der Waals surface area contributed by atoms with E-state index in [2.05, 4.69) is 23.5 Å². The van der Waals surface area contributed by atoms with Gasteiger partial charge in [0, 0.05) is 0 Å². The molecule has 0 aliphatic rings. The number of aliphatic hydroxyl groups excluding tert-OH is 1. The lowest BCUT2D eigenvalue weighted by Crippen LogP contribution is -2.47. The van der Waals surface area contributed by atoms with Crippen molar-refractivity contribution < 1.29 is 29.1 Å². The van der Waals surface area contributed by atoms with Crippen LogP contribution in [0, 0.1) is 5.92 Å². The second-order valence-electron chi connectivity index (χ2n) is 10.2. The average molecular weight is 555 g/mol. The minimum atomic E-state index is -1.43. The molecule has 0 saturated heterocycles. The predicted octanol–water partition coefficient (Wildman–Crippen LogP) is 5.80. The zero-order valence-electron chi connectivity index (χ0n) is 23.3. The molecule has 4 rings (SSSR count). The van der Waals surface area contributed by atoms with Crippen LogP contribution >= 0.6 is 0 Å². The van der Waals surface area contributed by atoms with E-state index in [0.29, 0.717) is 5.56 Å². The molecule has 41 heavy (non-hydrogen) atoms. The number of carbonyl (C=O) groups excluding carboxylic acids is 3. The minimum absolute atomic E-state index is 0.0207. The first-order valence-corrected chi connectivity index (χ1v) is 13.5. The summed E-state index contributed by atoms with van der Waals surface area (Å²) in [4.78, 5) is 43.8. The van der Waals surface area contributed by atoms with E-state index in [4.69, 9.17) is 9.57 Å². The molecule has 0 heterocycles. The third-order valence-corrected chi connectivity index (χ3v) is 6.37. The summed E-state index contributed by atoms with van der Waals surface area (Å²) >= 11 is 0. The molecule has 0 radical (unpaired) electrons. The standard InChI is InChI=1S/C33H34N2O6/c1-22(2)20-35(41-31(37)23(3)36)33(39)34-30(32(38)40-21-24-10-5-4-6-11-24)27-18-16-26(17-19-27)29-15-9-13-25-12-7-8-14-28(25)29/h4-19,22-23,30,36H,20-21H2,1-3H3,(H,34,39). The lowest BCUT2D eigenvalue weighted by Gasteiger charge is -2.26. The van der Waals surface area contributed by atoms with E-state index in [1.165, 1.54) is 6.92 Å². The van der Waals surface area contributed by atoms with Gasteiger partial charge in [0.25, 0.3) is 0 Å². The zero-order valence-corrected chi connectivity index (χ0v) is 23.3. The number of nitrogens with one attached hydrogen (secondary N) is 1. The fourth-order valence-corrected chi connectivity index (χ4v) is 4.30. The van der Waals surface area contributed by atoms with Crippen molar-refractivity contribution in [3.8, 4) is 11.1 Å². The molecule has 2 unspecified atom stereocenters. The average Bonchev–Trinajstić information content (AvgIpc) is 2.98. The van der Waals surface area contributed by atoms with E-state index in [1.54, 1.807) is 12.1 Å². The lowest BCUT2D eigenvalue weighted by atomic mass is 9.96. The summed E-state index contributed by atoms with van der Waals surface area (Å²) in [6.07, 6.45) is -1.43. The topological polar surface area (TPSA) is 105 Å². The van der Waals surface area contributed by atoms with E-state index < -0.39 is 30.1 Å². The Morgan fingerprint density at radius 3 is 2.15 bits per heavy atom. The predicted molar refractivity (Wildman–Crippen MR) is 156 cm³/mol. The number of hydroxylamine groups is 2. The fourth-order valence-electron chi connectivity index (χ4n) is 4.30. The van der Waals surface area contributed by atoms with Crippen LogP contribution < -0.4 is 5.32 Å². The second-order valence-corrected chi connectivity index (χ2v) is 10.2. The number of carbonyl (C=O) groups is 3. The van der Waals surface area contributed by atoms with Crippen molar-refractivity contribution >= 4 is 28.7 Å². The van der Waals surface area contributed by atoms with Gasteiger partial charge in [-0.2, -0.15) is 5.06 Å². The molecule has 0 saturated carbocycles. The zero-order chi connectivity index (χ0) is 29.4. The summed E-state index contributed by atoms with van der Waals surface area (Å²) < 4.78 is 5.58. The summed E-state index contributed by atoms with van der Waals surface area (Å²) in [5.74, 6) is -1.72. The van der Waals surface area contributed by atoms with Gasteiger partial charge in [0.1, 0.15) is 6.61 Å². The van der Waals surface area contributed by atoms with Gasteiger partial charge >= 0.3 is 18.0 Å². The number of fused-ring (bicyclic) bond motifs is 1. The highest BCUT2D eigenvalue weighted by atomic mass is 16.7. The Kier molecular flexibility index (Phi) is 9.71. The van der Waals surface area contributed by atoms with Crippen molar-refractivity contribution in [3.05, 3.63) is 108 Å².